The molecule has 0 saturated carbocycles. The number of hydrogen-bond acceptors (Lipinski definition) is 3. The predicted molar refractivity (Wildman–Crippen MR) is 120 cm³/mol. The van der Waals surface area contributed by atoms with E-state index in [9.17, 15) is 9.18 Å². The van der Waals surface area contributed by atoms with Crippen LogP contribution in [0.3, 0.4) is 0 Å². The van der Waals surface area contributed by atoms with Crippen molar-refractivity contribution in [3.8, 4) is 16.9 Å². The number of halogens is 3. The zero-order valence-electron chi connectivity index (χ0n) is 18.4. The van der Waals surface area contributed by atoms with E-state index in [4.69, 9.17) is 4.74 Å². The van der Waals surface area contributed by atoms with E-state index in [1.165, 1.54) is 31.4 Å². The zero-order valence-corrected chi connectivity index (χ0v) is 18.4. The van der Waals surface area contributed by atoms with E-state index in [0.717, 1.165) is 28.9 Å². The molecule has 172 valence electrons. The van der Waals surface area contributed by atoms with E-state index in [1.807, 2.05) is 18.2 Å². The van der Waals surface area contributed by atoms with Gasteiger partial charge in [-0.3, -0.25) is 4.79 Å². The highest BCUT2D eigenvalue weighted by Crippen LogP contribution is 2.37. The van der Waals surface area contributed by atoms with Crippen molar-refractivity contribution in [1.29, 1.82) is 0 Å². The van der Waals surface area contributed by atoms with Crippen LogP contribution in [0.5, 0.6) is 5.75 Å². The van der Waals surface area contributed by atoms with Gasteiger partial charge in [-0.25, -0.2) is 13.2 Å². The molecule has 1 heterocycles. The fourth-order valence-electron chi connectivity index (χ4n) is 4.14. The van der Waals surface area contributed by atoms with Crippen LogP contribution < -0.4 is 4.74 Å². The van der Waals surface area contributed by atoms with E-state index in [0.29, 0.717) is 25.0 Å². The number of methoxy groups -OCH3 is 1. The molecule has 0 saturated heterocycles. The Morgan fingerprint density at radius 3 is 2.61 bits per heavy atom. The zero-order chi connectivity index (χ0) is 23.4. The average Bonchev–Trinajstić information content (AvgIpc) is 3.27. The first-order valence-electron chi connectivity index (χ1n) is 10.9. The van der Waals surface area contributed by atoms with Crippen LogP contribution >= 0.6 is 0 Å². The Kier molecular flexibility index (Phi) is 6.72. The molecule has 4 rings (SSSR count). The lowest BCUT2D eigenvalue weighted by Gasteiger charge is -2.20. The van der Waals surface area contributed by atoms with Crippen molar-refractivity contribution in [1.82, 2.24) is 0 Å². The van der Waals surface area contributed by atoms with Gasteiger partial charge in [0, 0.05) is 24.8 Å². The molecule has 0 aliphatic carbocycles. The van der Waals surface area contributed by atoms with Crippen LogP contribution in [0.1, 0.15) is 35.1 Å². The highest BCUT2D eigenvalue weighted by atomic mass is 19.3. The van der Waals surface area contributed by atoms with Crippen molar-refractivity contribution >= 4 is 5.97 Å². The maximum atomic E-state index is 15.2. The van der Waals surface area contributed by atoms with Gasteiger partial charge in [0.2, 0.25) is 0 Å². The van der Waals surface area contributed by atoms with Gasteiger partial charge < -0.3 is 9.47 Å². The Balaban J connectivity index is 1.53. The van der Waals surface area contributed by atoms with Gasteiger partial charge in [0.15, 0.2) is 0 Å². The van der Waals surface area contributed by atoms with Gasteiger partial charge in [-0.15, -0.1) is 0 Å². The summed E-state index contributed by atoms with van der Waals surface area (Å²) in [7, 11) is 1.34. The van der Waals surface area contributed by atoms with E-state index in [2.05, 4.69) is 4.74 Å². The molecule has 3 aromatic rings. The van der Waals surface area contributed by atoms with Gasteiger partial charge in [0.05, 0.1) is 13.7 Å². The monoisotopic (exact) mass is 454 g/mol. The second-order valence-electron chi connectivity index (χ2n) is 8.23. The van der Waals surface area contributed by atoms with E-state index in [1.54, 1.807) is 18.2 Å². The molecule has 33 heavy (non-hydrogen) atoms. The number of rotatable bonds is 8. The number of esters is 1. The van der Waals surface area contributed by atoms with E-state index < -0.39 is 18.2 Å². The maximum absolute atomic E-state index is 15.2. The fourth-order valence-corrected chi connectivity index (χ4v) is 4.14. The highest BCUT2D eigenvalue weighted by Gasteiger charge is 2.33. The van der Waals surface area contributed by atoms with Crippen LogP contribution in [-0.2, 0) is 34.7 Å². The third-order valence-electron chi connectivity index (χ3n) is 5.93. The lowest BCUT2D eigenvalue weighted by molar-refractivity contribution is -0.140. The Hall–Kier alpha value is -3.28. The number of alkyl halides is 2. The molecule has 6 heteroatoms. The summed E-state index contributed by atoms with van der Waals surface area (Å²) < 4.78 is 54.6. The molecular formula is C27H25F3O3. The van der Waals surface area contributed by atoms with E-state index >= 15 is 8.78 Å². The predicted octanol–water partition coefficient (Wildman–Crippen LogP) is 6.26. The number of hydrogen-bond donors (Lipinski definition) is 0. The first-order valence-corrected chi connectivity index (χ1v) is 10.9. The number of aryl methyl sites for hydroxylation is 1. The third kappa shape index (κ3) is 5.38. The van der Waals surface area contributed by atoms with Gasteiger partial charge in [0.1, 0.15) is 11.6 Å². The summed E-state index contributed by atoms with van der Waals surface area (Å²) >= 11 is 0. The summed E-state index contributed by atoms with van der Waals surface area (Å²) in [5, 5.41) is 0. The van der Waals surface area contributed by atoms with Gasteiger partial charge >= 0.3 is 5.97 Å². The van der Waals surface area contributed by atoms with Gasteiger partial charge in [0.25, 0.3) is 5.92 Å². The molecule has 3 aromatic carbocycles. The van der Waals surface area contributed by atoms with Gasteiger partial charge in [-0.05, 0) is 64.9 Å². The van der Waals surface area contributed by atoms with Crippen LogP contribution in [-0.4, -0.2) is 19.7 Å². The van der Waals surface area contributed by atoms with Crippen molar-refractivity contribution in [2.45, 2.75) is 38.0 Å². The topological polar surface area (TPSA) is 35.5 Å². The molecule has 0 aromatic heterocycles. The molecule has 0 unspecified atom stereocenters. The number of carbonyl (C=O) groups is 1. The summed E-state index contributed by atoms with van der Waals surface area (Å²) in [6.07, 6.45) is 1.61. The second kappa shape index (κ2) is 9.69. The summed E-state index contributed by atoms with van der Waals surface area (Å²) in [6, 6.07) is 15.7. The molecule has 1 aliphatic heterocycles. The summed E-state index contributed by atoms with van der Waals surface area (Å²) in [5.41, 5.74) is 3.37. The molecule has 0 fully saturated rings. The molecule has 3 nitrogen and oxygen atoms in total. The minimum absolute atomic E-state index is 0.128. The molecule has 0 N–H and O–H groups in total. The van der Waals surface area contributed by atoms with Crippen LogP contribution in [0, 0.1) is 5.82 Å². The molecule has 0 amide bonds. The average molecular weight is 454 g/mol. The second-order valence-corrected chi connectivity index (χ2v) is 8.23. The van der Waals surface area contributed by atoms with Crippen molar-refractivity contribution in [2.24, 2.45) is 0 Å². The maximum Gasteiger partial charge on any atom is 0.305 e. The van der Waals surface area contributed by atoms with Crippen molar-refractivity contribution in [3.63, 3.8) is 0 Å². The highest BCUT2D eigenvalue weighted by molar-refractivity contribution is 5.70. The SMILES string of the molecule is COC(=O)CCCc1ccc(C(F)(F)Cc2cc(F)ccc2-c2ccc3c(c2)CCO3)cc1. The number of benzene rings is 3. The normalized spacial score (nSPS) is 12.8. The summed E-state index contributed by atoms with van der Waals surface area (Å²) in [6.45, 7) is 0.603. The summed E-state index contributed by atoms with van der Waals surface area (Å²) in [5.74, 6) is -3.21. The molecular weight excluding hydrogens is 429 g/mol. The minimum Gasteiger partial charge on any atom is -0.493 e. The lowest BCUT2D eigenvalue weighted by Crippen LogP contribution is -2.17. The van der Waals surface area contributed by atoms with Crippen molar-refractivity contribution in [3.05, 3.63) is 88.7 Å². The Bertz CT molecular complexity index is 1140. The van der Waals surface area contributed by atoms with Crippen molar-refractivity contribution < 1.29 is 27.4 Å². The Morgan fingerprint density at radius 2 is 1.85 bits per heavy atom. The number of carbonyl (C=O) groups excluding carboxylic acids is 1. The molecule has 1 aliphatic rings. The smallest absolute Gasteiger partial charge is 0.305 e. The van der Waals surface area contributed by atoms with Crippen LogP contribution in [0.15, 0.2) is 60.7 Å². The molecule has 0 atom stereocenters. The van der Waals surface area contributed by atoms with E-state index in [-0.39, 0.29) is 23.5 Å². The van der Waals surface area contributed by atoms with Crippen LogP contribution in [0.2, 0.25) is 0 Å². The Labute approximate surface area is 191 Å². The third-order valence-corrected chi connectivity index (χ3v) is 5.93. The summed E-state index contributed by atoms with van der Waals surface area (Å²) in [4.78, 5) is 11.2. The molecule has 0 bridgehead atoms. The van der Waals surface area contributed by atoms with Crippen molar-refractivity contribution in [2.75, 3.05) is 13.7 Å². The number of ether oxygens (including phenoxy) is 2. The molecule has 0 spiro atoms. The largest absolute Gasteiger partial charge is 0.493 e. The Morgan fingerprint density at radius 1 is 1.06 bits per heavy atom. The standard InChI is InChI=1S/C27H25F3O3/c1-32-26(31)4-2-3-18-5-8-22(9-6-18)27(29,30)17-21-16-23(28)10-11-24(21)19-7-12-25-20(15-19)13-14-33-25/h5-12,15-16H,2-4,13-14,17H2,1H3. The minimum atomic E-state index is -3.17. The fraction of sp³-hybridized carbons (Fsp3) is 0.296. The quantitative estimate of drug-likeness (QED) is 0.377. The van der Waals surface area contributed by atoms with Gasteiger partial charge in [-0.1, -0.05) is 36.4 Å². The van der Waals surface area contributed by atoms with Crippen LogP contribution in [0.25, 0.3) is 11.1 Å². The number of fused-ring (bicyclic) bond motifs is 1. The first-order chi connectivity index (χ1) is 15.9. The molecule has 0 radical (unpaired) electrons. The lowest BCUT2D eigenvalue weighted by atomic mass is 9.91. The first kappa shape index (κ1) is 22.9. The van der Waals surface area contributed by atoms with Crippen LogP contribution in [0.4, 0.5) is 13.2 Å². The van der Waals surface area contributed by atoms with Gasteiger partial charge in [-0.2, -0.15) is 0 Å².